The van der Waals surface area contributed by atoms with Crippen molar-refractivity contribution in [2.75, 3.05) is 5.32 Å². The molecule has 0 bridgehead atoms. The zero-order valence-electron chi connectivity index (χ0n) is 15.1. The minimum atomic E-state index is -0.168. The van der Waals surface area contributed by atoms with Crippen LogP contribution in [-0.2, 0) is 6.54 Å². The largest absolute Gasteiger partial charge is 0.335 e. The van der Waals surface area contributed by atoms with Crippen molar-refractivity contribution < 1.29 is 4.79 Å². The van der Waals surface area contributed by atoms with E-state index in [0.717, 1.165) is 35.5 Å². The average Bonchev–Trinajstić information content (AvgIpc) is 2.86. The minimum Gasteiger partial charge on any atom is -0.335 e. The number of nitrogens with zero attached hydrogens (tertiary/aromatic N) is 2. The molecule has 0 unspecified atom stereocenters. The maximum absolute atomic E-state index is 12.4. The van der Waals surface area contributed by atoms with Crippen LogP contribution in [0.2, 0.25) is 10.0 Å². The van der Waals surface area contributed by atoms with Gasteiger partial charge in [-0.25, -0.2) is 4.79 Å². The first-order valence-corrected chi connectivity index (χ1v) is 9.75. The van der Waals surface area contributed by atoms with E-state index in [-0.39, 0.29) is 12.1 Å². The Morgan fingerprint density at radius 1 is 1.19 bits per heavy atom. The van der Waals surface area contributed by atoms with Crippen molar-refractivity contribution in [3.05, 3.63) is 45.2 Å². The van der Waals surface area contributed by atoms with Crippen molar-refractivity contribution in [2.24, 2.45) is 0 Å². The lowest BCUT2D eigenvalue weighted by Gasteiger charge is -2.22. The summed E-state index contributed by atoms with van der Waals surface area (Å²) in [7, 11) is 0. The van der Waals surface area contributed by atoms with Gasteiger partial charge >= 0.3 is 6.03 Å². The van der Waals surface area contributed by atoms with E-state index in [0.29, 0.717) is 16.6 Å². The molecule has 2 N–H and O–H groups in total. The molecule has 1 saturated carbocycles. The molecule has 2 amide bonds. The summed E-state index contributed by atoms with van der Waals surface area (Å²) in [4.78, 5) is 12.4. The second kappa shape index (κ2) is 8.31. The number of rotatable bonds is 4. The summed E-state index contributed by atoms with van der Waals surface area (Å²) in [5.41, 5.74) is 3.20. The number of hydrogen-bond donors (Lipinski definition) is 2. The molecule has 0 radical (unpaired) electrons. The fourth-order valence-corrected chi connectivity index (χ4v) is 3.96. The first kappa shape index (κ1) is 19.1. The van der Waals surface area contributed by atoms with E-state index in [1.165, 1.54) is 19.3 Å². The van der Waals surface area contributed by atoms with Crippen LogP contribution >= 0.6 is 23.2 Å². The molecule has 0 atom stereocenters. The van der Waals surface area contributed by atoms with Crippen LogP contribution < -0.4 is 10.6 Å². The number of benzene rings is 1. The highest BCUT2D eigenvalue weighted by Gasteiger charge is 2.19. The molecule has 140 valence electrons. The number of carbonyl (C=O) groups excluding carboxylic acids is 1. The standard InChI is InChI=1S/C19H24Cl2N4O/c1-12-18(23-19(26)22-14-7-4-3-5-8-14)13(2)25(24-12)11-15-16(20)9-6-10-17(15)21/h6,9-10,14H,3-5,7-8,11H2,1-2H3,(H2,22,23,26). The lowest BCUT2D eigenvalue weighted by atomic mass is 9.96. The van der Waals surface area contributed by atoms with Gasteiger partial charge in [0.15, 0.2) is 0 Å². The molecule has 3 rings (SSSR count). The van der Waals surface area contributed by atoms with Crippen molar-refractivity contribution in [3.63, 3.8) is 0 Å². The van der Waals surface area contributed by atoms with Gasteiger partial charge in [0.25, 0.3) is 0 Å². The third-order valence-electron chi connectivity index (χ3n) is 4.93. The first-order valence-electron chi connectivity index (χ1n) is 9.00. The molecule has 1 aliphatic rings. The van der Waals surface area contributed by atoms with Gasteiger partial charge in [-0.1, -0.05) is 48.5 Å². The van der Waals surface area contributed by atoms with Gasteiger partial charge in [0.05, 0.1) is 23.6 Å². The molecule has 5 nitrogen and oxygen atoms in total. The molecule has 1 fully saturated rings. The van der Waals surface area contributed by atoms with Gasteiger partial charge in [0, 0.05) is 21.7 Å². The van der Waals surface area contributed by atoms with Gasteiger partial charge in [-0.3, -0.25) is 4.68 Å². The molecule has 1 aromatic carbocycles. The first-order chi connectivity index (χ1) is 12.5. The number of aryl methyl sites for hydroxylation is 1. The molecule has 2 aromatic rings. The number of urea groups is 1. The van der Waals surface area contributed by atoms with E-state index in [2.05, 4.69) is 15.7 Å². The van der Waals surface area contributed by atoms with E-state index >= 15 is 0 Å². The molecule has 1 aromatic heterocycles. The van der Waals surface area contributed by atoms with Crippen LogP contribution in [0.15, 0.2) is 18.2 Å². The predicted molar refractivity (Wildman–Crippen MR) is 106 cm³/mol. The Morgan fingerprint density at radius 2 is 1.85 bits per heavy atom. The topological polar surface area (TPSA) is 59.0 Å². The Hall–Kier alpha value is -1.72. The molecule has 0 saturated heterocycles. The number of carbonyl (C=O) groups is 1. The third-order valence-corrected chi connectivity index (χ3v) is 5.64. The summed E-state index contributed by atoms with van der Waals surface area (Å²) < 4.78 is 1.82. The molecule has 1 aliphatic carbocycles. The number of amides is 2. The summed E-state index contributed by atoms with van der Waals surface area (Å²) in [5.74, 6) is 0. The van der Waals surface area contributed by atoms with E-state index < -0.39 is 0 Å². The number of halogens is 2. The van der Waals surface area contributed by atoms with Gasteiger partial charge in [0.2, 0.25) is 0 Å². The number of aromatic nitrogens is 2. The minimum absolute atomic E-state index is 0.168. The van der Waals surface area contributed by atoms with Crippen LogP contribution in [-0.4, -0.2) is 21.9 Å². The van der Waals surface area contributed by atoms with Crippen LogP contribution in [0.4, 0.5) is 10.5 Å². The van der Waals surface area contributed by atoms with Crippen LogP contribution in [0, 0.1) is 13.8 Å². The van der Waals surface area contributed by atoms with Crippen LogP contribution in [0.1, 0.15) is 49.1 Å². The van der Waals surface area contributed by atoms with E-state index in [4.69, 9.17) is 23.2 Å². The lowest BCUT2D eigenvalue weighted by Crippen LogP contribution is -2.39. The highest BCUT2D eigenvalue weighted by molar-refractivity contribution is 6.35. The molecule has 0 aliphatic heterocycles. The summed E-state index contributed by atoms with van der Waals surface area (Å²) in [5, 5.41) is 11.8. The zero-order chi connectivity index (χ0) is 18.7. The normalized spacial score (nSPS) is 15.1. The molecule has 26 heavy (non-hydrogen) atoms. The van der Waals surface area contributed by atoms with Crippen molar-refractivity contribution in [1.29, 1.82) is 0 Å². The number of hydrogen-bond acceptors (Lipinski definition) is 2. The number of nitrogens with one attached hydrogen (secondary N) is 2. The second-order valence-electron chi connectivity index (χ2n) is 6.84. The maximum atomic E-state index is 12.4. The summed E-state index contributed by atoms with van der Waals surface area (Å²) in [6, 6.07) is 5.54. The van der Waals surface area contributed by atoms with Gasteiger partial charge in [-0.15, -0.1) is 0 Å². The van der Waals surface area contributed by atoms with Crippen molar-refractivity contribution in [3.8, 4) is 0 Å². The maximum Gasteiger partial charge on any atom is 0.319 e. The molecule has 0 spiro atoms. The third kappa shape index (κ3) is 4.33. The Balaban J connectivity index is 1.72. The SMILES string of the molecule is Cc1nn(Cc2c(Cl)cccc2Cl)c(C)c1NC(=O)NC1CCCCC1. The van der Waals surface area contributed by atoms with Crippen molar-refractivity contribution >= 4 is 34.9 Å². The van der Waals surface area contributed by atoms with Gasteiger partial charge < -0.3 is 10.6 Å². The van der Waals surface area contributed by atoms with Gasteiger partial charge in [-0.2, -0.15) is 5.10 Å². The highest BCUT2D eigenvalue weighted by atomic mass is 35.5. The molecule has 1 heterocycles. The molecule has 7 heteroatoms. The lowest BCUT2D eigenvalue weighted by molar-refractivity contribution is 0.244. The van der Waals surface area contributed by atoms with E-state index in [1.807, 2.05) is 36.7 Å². The summed E-state index contributed by atoms with van der Waals surface area (Å²) in [6.45, 7) is 4.27. The number of anilines is 1. The van der Waals surface area contributed by atoms with E-state index in [1.54, 1.807) is 0 Å². The van der Waals surface area contributed by atoms with Gasteiger partial charge in [-0.05, 0) is 38.8 Å². The highest BCUT2D eigenvalue weighted by Crippen LogP contribution is 2.27. The molecular formula is C19H24Cl2N4O. The van der Waals surface area contributed by atoms with Crippen LogP contribution in [0.5, 0.6) is 0 Å². The Morgan fingerprint density at radius 3 is 2.50 bits per heavy atom. The molecular weight excluding hydrogens is 371 g/mol. The Bertz CT molecular complexity index is 777. The fraction of sp³-hybridized carbons (Fsp3) is 0.474. The Kier molecular flexibility index (Phi) is 6.09. The van der Waals surface area contributed by atoms with Crippen molar-refractivity contribution in [2.45, 2.75) is 58.5 Å². The van der Waals surface area contributed by atoms with E-state index in [9.17, 15) is 4.79 Å². The Labute approximate surface area is 164 Å². The van der Waals surface area contributed by atoms with Crippen LogP contribution in [0.3, 0.4) is 0 Å². The monoisotopic (exact) mass is 394 g/mol. The average molecular weight is 395 g/mol. The summed E-state index contributed by atoms with van der Waals surface area (Å²) >= 11 is 12.5. The van der Waals surface area contributed by atoms with Crippen molar-refractivity contribution in [1.82, 2.24) is 15.1 Å². The van der Waals surface area contributed by atoms with Gasteiger partial charge in [0.1, 0.15) is 0 Å². The smallest absolute Gasteiger partial charge is 0.319 e. The van der Waals surface area contributed by atoms with Crippen LogP contribution in [0.25, 0.3) is 0 Å². The quantitative estimate of drug-likeness (QED) is 0.737. The second-order valence-corrected chi connectivity index (χ2v) is 7.65. The fourth-order valence-electron chi connectivity index (χ4n) is 3.45. The summed E-state index contributed by atoms with van der Waals surface area (Å²) in [6.07, 6.45) is 5.72. The zero-order valence-corrected chi connectivity index (χ0v) is 16.6. The predicted octanol–water partition coefficient (Wildman–Crippen LogP) is 5.31.